The van der Waals surface area contributed by atoms with E-state index in [0.29, 0.717) is 0 Å². The Kier molecular flexibility index (Phi) is 5.14. The highest BCUT2D eigenvalue weighted by atomic mass is 16.5. The van der Waals surface area contributed by atoms with Crippen molar-refractivity contribution in [3.63, 3.8) is 0 Å². The zero-order chi connectivity index (χ0) is 12.9. The predicted molar refractivity (Wildman–Crippen MR) is 78.3 cm³/mol. The Morgan fingerprint density at radius 3 is 2.68 bits per heavy atom. The number of nitrogens with one attached hydrogen (secondary N) is 1. The summed E-state index contributed by atoms with van der Waals surface area (Å²) in [5, 5.41) is 3.65. The minimum atomic E-state index is 0.928. The van der Waals surface area contributed by atoms with Gasteiger partial charge in [-0.25, -0.2) is 0 Å². The largest absolute Gasteiger partial charge is 0.379 e. The van der Waals surface area contributed by atoms with Crippen molar-refractivity contribution in [2.45, 2.75) is 38.5 Å². The minimum absolute atomic E-state index is 0.928. The number of nitrogens with zero attached hydrogens (tertiary/aromatic N) is 1. The molecule has 2 bridgehead atoms. The Morgan fingerprint density at radius 1 is 1.05 bits per heavy atom. The van der Waals surface area contributed by atoms with E-state index in [1.54, 1.807) is 12.8 Å². The standard InChI is InChI=1S/C16H30N2O/c1(7-18-8-10-19-11-9-18)5-17-6-4-16-13-14-2-3-15(16)12-14/h14-17H,1-13H2. The molecule has 1 saturated heterocycles. The molecule has 3 heteroatoms. The molecule has 0 aromatic carbocycles. The summed E-state index contributed by atoms with van der Waals surface area (Å²) >= 11 is 0. The lowest BCUT2D eigenvalue weighted by atomic mass is 9.86. The van der Waals surface area contributed by atoms with Crippen molar-refractivity contribution >= 4 is 0 Å². The van der Waals surface area contributed by atoms with Gasteiger partial charge in [-0.15, -0.1) is 0 Å². The fourth-order valence-corrected chi connectivity index (χ4v) is 4.39. The van der Waals surface area contributed by atoms with Gasteiger partial charge in [-0.2, -0.15) is 0 Å². The zero-order valence-electron chi connectivity index (χ0n) is 12.3. The molecule has 3 nitrogen and oxygen atoms in total. The summed E-state index contributed by atoms with van der Waals surface area (Å²) in [6.45, 7) is 7.80. The Balaban J connectivity index is 1.18. The van der Waals surface area contributed by atoms with Crippen molar-refractivity contribution in [2.24, 2.45) is 17.8 Å². The number of rotatable bonds is 7. The van der Waals surface area contributed by atoms with E-state index in [-0.39, 0.29) is 0 Å². The molecule has 3 aliphatic rings. The Hall–Kier alpha value is -0.120. The second kappa shape index (κ2) is 7.05. The van der Waals surface area contributed by atoms with Crippen molar-refractivity contribution in [3.05, 3.63) is 0 Å². The van der Waals surface area contributed by atoms with Gasteiger partial charge in [0.25, 0.3) is 0 Å². The molecule has 1 N–H and O–H groups in total. The Labute approximate surface area is 118 Å². The first-order valence-corrected chi connectivity index (χ1v) is 8.42. The molecule has 3 rings (SSSR count). The molecule has 0 aromatic heterocycles. The summed E-state index contributed by atoms with van der Waals surface area (Å²) in [6.07, 6.45) is 8.89. The molecule has 3 fully saturated rings. The van der Waals surface area contributed by atoms with Crippen LogP contribution in [0.4, 0.5) is 0 Å². The van der Waals surface area contributed by atoms with E-state index in [4.69, 9.17) is 4.74 Å². The summed E-state index contributed by atoms with van der Waals surface area (Å²) in [5.74, 6) is 3.27. The predicted octanol–water partition coefficient (Wildman–Crippen LogP) is 2.12. The third kappa shape index (κ3) is 3.93. The van der Waals surface area contributed by atoms with E-state index < -0.39 is 0 Å². The van der Waals surface area contributed by atoms with Crippen LogP contribution in [0, 0.1) is 17.8 Å². The quantitative estimate of drug-likeness (QED) is 0.714. The van der Waals surface area contributed by atoms with Gasteiger partial charge >= 0.3 is 0 Å². The van der Waals surface area contributed by atoms with E-state index in [0.717, 1.165) is 44.1 Å². The number of fused-ring (bicyclic) bond motifs is 2. The lowest BCUT2D eigenvalue weighted by molar-refractivity contribution is 0.0374. The summed E-state index contributed by atoms with van der Waals surface area (Å²) in [6, 6.07) is 0. The van der Waals surface area contributed by atoms with Crippen molar-refractivity contribution in [1.29, 1.82) is 0 Å². The van der Waals surface area contributed by atoms with Crippen LogP contribution in [0.15, 0.2) is 0 Å². The van der Waals surface area contributed by atoms with E-state index in [9.17, 15) is 0 Å². The number of morpholine rings is 1. The van der Waals surface area contributed by atoms with Gasteiger partial charge in [-0.3, -0.25) is 4.90 Å². The van der Waals surface area contributed by atoms with Crippen LogP contribution < -0.4 is 5.32 Å². The SMILES string of the molecule is C(CNCCC1CC2CCC1C2)CN1CCOCC1. The van der Waals surface area contributed by atoms with Crippen LogP contribution in [-0.4, -0.2) is 50.8 Å². The van der Waals surface area contributed by atoms with Crippen LogP contribution in [0.25, 0.3) is 0 Å². The summed E-state index contributed by atoms with van der Waals surface area (Å²) in [5.41, 5.74) is 0. The number of hydrogen-bond acceptors (Lipinski definition) is 3. The normalized spacial score (nSPS) is 35.1. The first-order chi connectivity index (χ1) is 9.42. The van der Waals surface area contributed by atoms with Gasteiger partial charge in [0.15, 0.2) is 0 Å². The van der Waals surface area contributed by atoms with Crippen molar-refractivity contribution < 1.29 is 4.74 Å². The second-order valence-electron chi connectivity index (χ2n) is 6.78. The molecular weight excluding hydrogens is 236 g/mol. The first kappa shape index (κ1) is 13.8. The van der Waals surface area contributed by atoms with Gasteiger partial charge in [-0.1, -0.05) is 6.42 Å². The third-order valence-electron chi connectivity index (χ3n) is 5.51. The third-order valence-corrected chi connectivity index (χ3v) is 5.51. The fraction of sp³-hybridized carbons (Fsp3) is 1.00. The van der Waals surface area contributed by atoms with E-state index in [2.05, 4.69) is 10.2 Å². The smallest absolute Gasteiger partial charge is 0.0594 e. The van der Waals surface area contributed by atoms with E-state index in [1.807, 2.05) is 0 Å². The van der Waals surface area contributed by atoms with Crippen molar-refractivity contribution in [3.8, 4) is 0 Å². The van der Waals surface area contributed by atoms with Gasteiger partial charge in [0, 0.05) is 13.1 Å². The van der Waals surface area contributed by atoms with Gasteiger partial charge in [0.1, 0.15) is 0 Å². The molecule has 0 radical (unpaired) electrons. The van der Waals surface area contributed by atoms with Gasteiger partial charge in [0.05, 0.1) is 13.2 Å². The molecule has 2 saturated carbocycles. The van der Waals surface area contributed by atoms with Crippen LogP contribution in [0.2, 0.25) is 0 Å². The molecule has 0 aromatic rings. The van der Waals surface area contributed by atoms with Crippen LogP contribution >= 0.6 is 0 Å². The average molecular weight is 266 g/mol. The molecule has 2 aliphatic carbocycles. The van der Waals surface area contributed by atoms with Crippen molar-refractivity contribution in [1.82, 2.24) is 10.2 Å². The summed E-state index contributed by atoms with van der Waals surface area (Å²) < 4.78 is 5.37. The average Bonchev–Trinajstić information content (AvgIpc) is 3.06. The van der Waals surface area contributed by atoms with Gasteiger partial charge < -0.3 is 10.1 Å². The monoisotopic (exact) mass is 266 g/mol. The highest BCUT2D eigenvalue weighted by Crippen LogP contribution is 2.49. The molecule has 3 atom stereocenters. The Bertz CT molecular complexity index is 265. The second-order valence-corrected chi connectivity index (χ2v) is 6.78. The maximum Gasteiger partial charge on any atom is 0.0594 e. The first-order valence-electron chi connectivity index (χ1n) is 8.42. The van der Waals surface area contributed by atoms with Crippen LogP contribution in [0.1, 0.15) is 38.5 Å². The minimum Gasteiger partial charge on any atom is -0.379 e. The summed E-state index contributed by atoms with van der Waals surface area (Å²) in [4.78, 5) is 2.53. The summed E-state index contributed by atoms with van der Waals surface area (Å²) in [7, 11) is 0. The van der Waals surface area contributed by atoms with Crippen LogP contribution in [-0.2, 0) is 4.74 Å². The molecule has 3 unspecified atom stereocenters. The maximum absolute atomic E-state index is 5.37. The number of hydrogen-bond donors (Lipinski definition) is 1. The molecule has 19 heavy (non-hydrogen) atoms. The van der Waals surface area contributed by atoms with Crippen molar-refractivity contribution in [2.75, 3.05) is 45.9 Å². The van der Waals surface area contributed by atoms with Gasteiger partial charge in [-0.05, 0) is 69.5 Å². The van der Waals surface area contributed by atoms with Crippen LogP contribution in [0.3, 0.4) is 0 Å². The fourth-order valence-electron chi connectivity index (χ4n) is 4.39. The lowest BCUT2D eigenvalue weighted by Gasteiger charge is -2.26. The van der Waals surface area contributed by atoms with Gasteiger partial charge in [0.2, 0.25) is 0 Å². The van der Waals surface area contributed by atoms with Crippen LogP contribution in [0.5, 0.6) is 0 Å². The highest BCUT2D eigenvalue weighted by molar-refractivity contribution is 4.89. The zero-order valence-corrected chi connectivity index (χ0v) is 12.3. The number of ether oxygens (including phenoxy) is 1. The molecule has 0 spiro atoms. The van der Waals surface area contributed by atoms with E-state index >= 15 is 0 Å². The molecule has 1 aliphatic heterocycles. The van der Waals surface area contributed by atoms with E-state index in [1.165, 1.54) is 45.3 Å². The molecule has 110 valence electrons. The topological polar surface area (TPSA) is 24.5 Å². The lowest BCUT2D eigenvalue weighted by Crippen LogP contribution is -2.37. The highest BCUT2D eigenvalue weighted by Gasteiger charge is 2.38. The molecular formula is C16H30N2O. The Morgan fingerprint density at radius 2 is 1.95 bits per heavy atom. The molecule has 1 heterocycles. The molecule has 0 amide bonds. The maximum atomic E-state index is 5.37.